The van der Waals surface area contributed by atoms with E-state index in [4.69, 9.17) is 4.74 Å². The van der Waals surface area contributed by atoms with E-state index < -0.39 is 17.5 Å². The molecule has 22 heavy (non-hydrogen) atoms. The first kappa shape index (κ1) is 17.2. The molecule has 0 radical (unpaired) electrons. The van der Waals surface area contributed by atoms with Crippen molar-refractivity contribution in [1.29, 1.82) is 0 Å². The molecule has 9 heteroatoms. The summed E-state index contributed by atoms with van der Waals surface area (Å²) in [6.07, 6.45) is -4.41. The number of nitrogens with zero attached hydrogens (tertiary/aromatic N) is 2. The number of alkyl halides is 3. The Kier molecular flexibility index (Phi) is 4.84. The van der Waals surface area contributed by atoms with E-state index in [0.717, 1.165) is 17.3 Å². The summed E-state index contributed by atoms with van der Waals surface area (Å²) in [5.74, 6) is 0.484. The first-order valence-corrected chi connectivity index (χ1v) is 7.34. The fraction of sp³-hybridized carbons (Fsp3) is 0.462. The number of fused-ring (bicyclic) bond motifs is 1. The van der Waals surface area contributed by atoms with Gasteiger partial charge in [-0.1, -0.05) is 17.8 Å². The van der Waals surface area contributed by atoms with Gasteiger partial charge < -0.3 is 14.7 Å². The molecule has 0 spiro atoms. The van der Waals surface area contributed by atoms with Crippen molar-refractivity contribution in [2.75, 3.05) is 25.4 Å². The summed E-state index contributed by atoms with van der Waals surface area (Å²) in [5.41, 5.74) is -1.98. The maximum atomic E-state index is 12.6. The molecule has 1 unspecified atom stereocenters. The Morgan fingerprint density at radius 2 is 2.18 bits per heavy atom. The average molecular weight is 355 g/mol. The van der Waals surface area contributed by atoms with E-state index in [1.165, 1.54) is 23.9 Å². The van der Waals surface area contributed by atoms with Crippen molar-refractivity contribution in [1.82, 2.24) is 4.90 Å². The lowest BCUT2D eigenvalue weighted by Gasteiger charge is -2.31. The Labute approximate surface area is 135 Å². The van der Waals surface area contributed by atoms with Crippen molar-refractivity contribution in [3.63, 3.8) is 0 Å². The molecule has 1 fully saturated rings. The second-order valence-corrected chi connectivity index (χ2v) is 5.84. The van der Waals surface area contributed by atoms with Crippen LogP contribution < -0.4 is 4.74 Å². The lowest BCUT2D eigenvalue weighted by atomic mass is 10.2. The standard InChI is InChI=1S/C13H13F3N2O2S.ClH/c14-13(15,16)9-2-1-3-10(6-9)20-7-12(19)8-21-11-17-4-5-18(11)12;/h1-3,6,19H,4-5,7-8H2;1H. The molecule has 2 aliphatic rings. The highest BCUT2D eigenvalue weighted by Gasteiger charge is 2.45. The SMILES string of the molecule is Cl.OC1(COc2cccc(C(F)(F)F)c2)CSC2=NCCN21. The molecule has 1 aromatic rings. The summed E-state index contributed by atoms with van der Waals surface area (Å²) in [4.78, 5) is 5.98. The molecule has 3 rings (SSSR count). The molecule has 1 N–H and O–H groups in total. The van der Waals surface area contributed by atoms with Crippen LogP contribution in [0, 0.1) is 0 Å². The highest BCUT2D eigenvalue weighted by Crippen LogP contribution is 2.35. The Morgan fingerprint density at radius 1 is 1.41 bits per heavy atom. The van der Waals surface area contributed by atoms with Crippen molar-refractivity contribution in [3.8, 4) is 5.75 Å². The minimum absolute atomic E-state index is 0. The molecule has 0 bridgehead atoms. The number of ether oxygens (including phenoxy) is 1. The molecule has 1 atom stereocenters. The molecule has 0 amide bonds. The van der Waals surface area contributed by atoms with Crippen molar-refractivity contribution in [3.05, 3.63) is 29.8 Å². The lowest BCUT2D eigenvalue weighted by Crippen LogP contribution is -2.51. The summed E-state index contributed by atoms with van der Waals surface area (Å²) in [6, 6.07) is 4.65. The quantitative estimate of drug-likeness (QED) is 0.906. The van der Waals surface area contributed by atoms with Gasteiger partial charge in [0.25, 0.3) is 0 Å². The number of benzene rings is 1. The summed E-state index contributed by atoms with van der Waals surface area (Å²) in [6.45, 7) is 1.12. The second-order valence-electron chi connectivity index (χ2n) is 4.90. The summed E-state index contributed by atoms with van der Waals surface area (Å²) in [5, 5.41) is 11.3. The van der Waals surface area contributed by atoms with Gasteiger partial charge in [0.1, 0.15) is 12.4 Å². The van der Waals surface area contributed by atoms with E-state index >= 15 is 0 Å². The first-order valence-electron chi connectivity index (χ1n) is 6.36. The van der Waals surface area contributed by atoms with Gasteiger partial charge in [0.05, 0.1) is 17.9 Å². The van der Waals surface area contributed by atoms with Crippen LogP contribution in [-0.2, 0) is 6.18 Å². The van der Waals surface area contributed by atoms with Gasteiger partial charge in [0.15, 0.2) is 10.9 Å². The maximum Gasteiger partial charge on any atom is 0.416 e. The van der Waals surface area contributed by atoms with Crippen LogP contribution in [0.2, 0.25) is 0 Å². The molecule has 4 nitrogen and oxygen atoms in total. The van der Waals surface area contributed by atoms with Gasteiger partial charge >= 0.3 is 6.18 Å². The van der Waals surface area contributed by atoms with E-state index in [1.807, 2.05) is 0 Å². The number of halogens is 4. The van der Waals surface area contributed by atoms with Gasteiger partial charge in [-0.25, -0.2) is 0 Å². The fourth-order valence-electron chi connectivity index (χ4n) is 2.28. The number of aliphatic imine (C=N–C) groups is 1. The molecule has 2 heterocycles. The molecule has 122 valence electrons. The third-order valence-corrected chi connectivity index (χ3v) is 4.58. The minimum atomic E-state index is -4.41. The van der Waals surface area contributed by atoms with E-state index in [1.54, 1.807) is 4.90 Å². The van der Waals surface area contributed by atoms with Gasteiger partial charge in [-0.2, -0.15) is 13.2 Å². The zero-order valence-corrected chi connectivity index (χ0v) is 13.0. The van der Waals surface area contributed by atoms with E-state index in [9.17, 15) is 18.3 Å². The summed E-state index contributed by atoms with van der Waals surface area (Å²) in [7, 11) is 0. The predicted molar refractivity (Wildman–Crippen MR) is 80.6 cm³/mol. The fourth-order valence-corrected chi connectivity index (χ4v) is 3.47. The van der Waals surface area contributed by atoms with Crippen molar-refractivity contribution < 1.29 is 23.0 Å². The Morgan fingerprint density at radius 3 is 2.91 bits per heavy atom. The summed E-state index contributed by atoms with van der Waals surface area (Å²) >= 11 is 1.43. The van der Waals surface area contributed by atoms with Gasteiger partial charge in [-0.05, 0) is 18.2 Å². The number of hydrogen-bond acceptors (Lipinski definition) is 5. The van der Waals surface area contributed by atoms with Crippen LogP contribution in [0.3, 0.4) is 0 Å². The molecule has 0 aliphatic carbocycles. The number of thioether (sulfide) groups is 1. The third-order valence-electron chi connectivity index (χ3n) is 3.37. The van der Waals surface area contributed by atoms with Gasteiger partial charge in [-0.15, -0.1) is 12.4 Å². The Hall–Kier alpha value is -1.12. The van der Waals surface area contributed by atoms with Gasteiger partial charge in [0, 0.05) is 6.54 Å². The van der Waals surface area contributed by atoms with Crippen LogP contribution in [0.15, 0.2) is 29.3 Å². The Bertz CT molecular complexity index is 585. The number of hydrogen-bond donors (Lipinski definition) is 1. The monoisotopic (exact) mass is 354 g/mol. The Balaban J connectivity index is 0.00000176. The van der Waals surface area contributed by atoms with Crippen LogP contribution >= 0.6 is 24.2 Å². The number of amidine groups is 1. The van der Waals surface area contributed by atoms with E-state index in [0.29, 0.717) is 18.8 Å². The zero-order chi connectivity index (χ0) is 15.1. The van der Waals surface area contributed by atoms with Gasteiger partial charge in [-0.3, -0.25) is 4.99 Å². The van der Waals surface area contributed by atoms with Crippen LogP contribution in [0.4, 0.5) is 13.2 Å². The average Bonchev–Trinajstić information content (AvgIpc) is 3.01. The topological polar surface area (TPSA) is 45.1 Å². The molecule has 1 aromatic carbocycles. The van der Waals surface area contributed by atoms with Crippen molar-refractivity contribution >= 4 is 29.3 Å². The minimum Gasteiger partial charge on any atom is -0.489 e. The van der Waals surface area contributed by atoms with E-state index in [-0.39, 0.29) is 24.8 Å². The summed E-state index contributed by atoms with van der Waals surface area (Å²) < 4.78 is 43.3. The lowest BCUT2D eigenvalue weighted by molar-refractivity contribution is -0.137. The third kappa shape index (κ3) is 3.28. The zero-order valence-electron chi connectivity index (χ0n) is 11.3. The molecule has 0 aromatic heterocycles. The second kappa shape index (κ2) is 6.17. The van der Waals surface area contributed by atoms with Crippen LogP contribution in [0.5, 0.6) is 5.75 Å². The first-order chi connectivity index (χ1) is 9.88. The predicted octanol–water partition coefficient (Wildman–Crippen LogP) is 2.61. The highest BCUT2D eigenvalue weighted by atomic mass is 35.5. The highest BCUT2D eigenvalue weighted by molar-refractivity contribution is 8.14. The number of rotatable bonds is 3. The van der Waals surface area contributed by atoms with Crippen LogP contribution in [0.25, 0.3) is 0 Å². The van der Waals surface area contributed by atoms with Crippen molar-refractivity contribution in [2.24, 2.45) is 4.99 Å². The molecule has 0 saturated carbocycles. The molecule has 1 saturated heterocycles. The molecular weight excluding hydrogens is 341 g/mol. The number of aliphatic hydroxyl groups is 1. The van der Waals surface area contributed by atoms with Crippen molar-refractivity contribution in [2.45, 2.75) is 11.9 Å². The smallest absolute Gasteiger partial charge is 0.416 e. The van der Waals surface area contributed by atoms with Crippen LogP contribution in [-0.4, -0.2) is 46.3 Å². The van der Waals surface area contributed by atoms with Crippen LogP contribution in [0.1, 0.15) is 5.56 Å². The largest absolute Gasteiger partial charge is 0.489 e. The maximum absolute atomic E-state index is 12.6. The molecule has 2 aliphatic heterocycles. The normalized spacial score (nSPS) is 23.8. The van der Waals surface area contributed by atoms with E-state index in [2.05, 4.69) is 4.99 Å². The van der Waals surface area contributed by atoms with Gasteiger partial charge in [0.2, 0.25) is 0 Å². The molecular formula is C13H14ClF3N2O2S.